The third-order valence-electron chi connectivity index (χ3n) is 8.47. The first-order valence-electron chi connectivity index (χ1n) is 16.3. The number of ether oxygens (including phenoxy) is 1. The van der Waals surface area contributed by atoms with Gasteiger partial charge in [-0.1, -0.05) is 36.4 Å². The van der Waals surface area contributed by atoms with E-state index in [1.165, 1.54) is 0 Å². The lowest BCUT2D eigenvalue weighted by molar-refractivity contribution is -0.130. The van der Waals surface area contributed by atoms with Crippen LogP contribution < -0.4 is 16.0 Å². The summed E-state index contributed by atoms with van der Waals surface area (Å²) in [5, 5.41) is 8.94. The van der Waals surface area contributed by atoms with Crippen LogP contribution in [0.4, 0.5) is 10.5 Å². The van der Waals surface area contributed by atoms with E-state index in [9.17, 15) is 14.4 Å². The average Bonchev–Trinajstić information content (AvgIpc) is 3.03. The van der Waals surface area contributed by atoms with E-state index >= 15 is 0 Å². The van der Waals surface area contributed by atoms with Crippen LogP contribution >= 0.6 is 0 Å². The molecule has 0 radical (unpaired) electrons. The fraction of sp³-hybridized carbons (Fsp3) is 0.459. The summed E-state index contributed by atoms with van der Waals surface area (Å²) in [5.41, 5.74) is 5.62. The molecule has 10 heteroatoms. The molecule has 1 heterocycles. The van der Waals surface area contributed by atoms with E-state index < -0.39 is 17.7 Å². The first-order valence-corrected chi connectivity index (χ1v) is 16.3. The first kappa shape index (κ1) is 35.3. The van der Waals surface area contributed by atoms with E-state index in [0.29, 0.717) is 37.3 Å². The van der Waals surface area contributed by atoms with Crippen molar-refractivity contribution >= 4 is 29.3 Å². The predicted molar refractivity (Wildman–Crippen MR) is 185 cm³/mol. The second-order valence-electron chi connectivity index (χ2n) is 13.4. The Balaban J connectivity index is 1.45. The number of benzene rings is 2. The number of nitrogens with zero attached hydrogens (tertiary/aromatic N) is 3. The highest BCUT2D eigenvalue weighted by atomic mass is 16.6. The molecule has 10 nitrogen and oxygen atoms in total. The zero-order valence-corrected chi connectivity index (χ0v) is 28.6. The summed E-state index contributed by atoms with van der Waals surface area (Å²) in [6.07, 6.45) is 4.67. The fourth-order valence-corrected chi connectivity index (χ4v) is 5.79. The van der Waals surface area contributed by atoms with E-state index in [0.717, 1.165) is 46.5 Å². The molecule has 3 aromatic rings. The minimum atomic E-state index is -0.793. The summed E-state index contributed by atoms with van der Waals surface area (Å²) in [4.78, 5) is 52.5. The Morgan fingerprint density at radius 2 is 1.72 bits per heavy atom. The van der Waals surface area contributed by atoms with Crippen molar-refractivity contribution in [2.75, 3.05) is 18.9 Å². The van der Waals surface area contributed by atoms with E-state index in [4.69, 9.17) is 4.74 Å². The summed E-state index contributed by atoms with van der Waals surface area (Å²) >= 11 is 0. The zero-order valence-electron chi connectivity index (χ0n) is 28.6. The van der Waals surface area contributed by atoms with Crippen LogP contribution in [0.5, 0.6) is 0 Å². The molecule has 4 rings (SSSR count). The molecule has 0 spiro atoms. The van der Waals surface area contributed by atoms with Gasteiger partial charge in [-0.2, -0.15) is 0 Å². The van der Waals surface area contributed by atoms with E-state index in [1.54, 1.807) is 7.05 Å². The third-order valence-corrected chi connectivity index (χ3v) is 8.47. The van der Waals surface area contributed by atoms with Crippen LogP contribution in [0.2, 0.25) is 0 Å². The number of amides is 3. The lowest BCUT2D eigenvalue weighted by atomic mass is 9.81. The minimum absolute atomic E-state index is 0.132. The van der Waals surface area contributed by atoms with Gasteiger partial charge in [0.05, 0.1) is 0 Å². The maximum Gasteiger partial charge on any atom is 0.407 e. The second kappa shape index (κ2) is 15.8. The first-order chi connectivity index (χ1) is 22.3. The van der Waals surface area contributed by atoms with Crippen LogP contribution in [0.15, 0.2) is 59.7 Å². The molecule has 0 aliphatic heterocycles. The van der Waals surface area contributed by atoms with Crippen LogP contribution in [0.3, 0.4) is 0 Å². The molecule has 1 atom stereocenters. The van der Waals surface area contributed by atoms with Crippen molar-refractivity contribution in [2.45, 2.75) is 85.3 Å². The summed E-state index contributed by atoms with van der Waals surface area (Å²) in [6.45, 7) is 11.8. The van der Waals surface area contributed by atoms with Gasteiger partial charge in [0, 0.05) is 54.8 Å². The van der Waals surface area contributed by atoms with Crippen LogP contribution in [-0.2, 0) is 20.7 Å². The zero-order chi connectivity index (χ0) is 34.1. The number of hydrogen-bond donors (Lipinski definition) is 3. The summed E-state index contributed by atoms with van der Waals surface area (Å²) in [6, 6.07) is 14.7. The fourth-order valence-electron chi connectivity index (χ4n) is 5.79. The Morgan fingerprint density at radius 1 is 1.02 bits per heavy atom. The van der Waals surface area contributed by atoms with Gasteiger partial charge in [-0.05, 0) is 102 Å². The Labute approximate surface area is 278 Å². The van der Waals surface area contributed by atoms with Gasteiger partial charge in [0.25, 0.3) is 0 Å². The molecule has 1 aliphatic carbocycles. The number of aromatic nitrogens is 2. The molecule has 1 aromatic heterocycles. The Hall–Kier alpha value is -4.60. The smallest absolute Gasteiger partial charge is 0.407 e. The topological polar surface area (TPSA) is 135 Å². The second-order valence-corrected chi connectivity index (χ2v) is 13.4. The van der Waals surface area contributed by atoms with Gasteiger partial charge in [0.1, 0.15) is 17.5 Å². The van der Waals surface area contributed by atoms with Crippen molar-refractivity contribution in [1.29, 1.82) is 0 Å². The predicted octanol–water partition coefficient (Wildman–Crippen LogP) is 6.20. The quantitative estimate of drug-likeness (QED) is 0.226. The highest BCUT2D eigenvalue weighted by Crippen LogP contribution is 2.29. The summed E-state index contributed by atoms with van der Waals surface area (Å²) < 4.78 is 5.35. The van der Waals surface area contributed by atoms with Crippen molar-refractivity contribution in [3.8, 4) is 11.1 Å². The number of carbonyl (C=O) groups excluding carboxylic acids is 3. The molecule has 1 unspecified atom stereocenters. The number of hydrogen-bond acceptors (Lipinski definition) is 7. The van der Waals surface area contributed by atoms with Gasteiger partial charge < -0.3 is 20.7 Å². The molecular formula is C37H48N6O4. The number of carbonyl (C=O) groups is 3. The van der Waals surface area contributed by atoms with E-state index in [1.807, 2.05) is 96.3 Å². The van der Waals surface area contributed by atoms with Gasteiger partial charge in [0.15, 0.2) is 0 Å². The van der Waals surface area contributed by atoms with Gasteiger partial charge in [0.2, 0.25) is 11.8 Å². The van der Waals surface area contributed by atoms with Gasteiger partial charge in [-0.15, -0.1) is 0 Å². The van der Waals surface area contributed by atoms with Gasteiger partial charge in [-0.3, -0.25) is 14.6 Å². The van der Waals surface area contributed by atoms with E-state index in [-0.39, 0.29) is 23.7 Å². The van der Waals surface area contributed by atoms with Crippen molar-refractivity contribution in [3.05, 3.63) is 77.4 Å². The molecule has 250 valence electrons. The van der Waals surface area contributed by atoms with Gasteiger partial charge >= 0.3 is 6.09 Å². The van der Waals surface area contributed by atoms with Gasteiger partial charge in [-0.25, -0.2) is 14.8 Å². The lowest BCUT2D eigenvalue weighted by Gasteiger charge is -2.29. The molecular weight excluding hydrogens is 592 g/mol. The minimum Gasteiger partial charge on any atom is -0.444 e. The highest BCUT2D eigenvalue weighted by molar-refractivity contribution is 6.00. The van der Waals surface area contributed by atoms with Crippen molar-refractivity contribution in [1.82, 2.24) is 20.6 Å². The molecule has 0 bridgehead atoms. The Bertz CT molecular complexity index is 1590. The maximum absolute atomic E-state index is 13.7. The lowest BCUT2D eigenvalue weighted by Crippen LogP contribution is -2.48. The van der Waals surface area contributed by atoms with Crippen molar-refractivity contribution in [2.24, 2.45) is 16.8 Å². The van der Waals surface area contributed by atoms with Crippen molar-refractivity contribution in [3.63, 3.8) is 0 Å². The molecule has 2 aromatic carbocycles. The molecule has 3 amide bonds. The van der Waals surface area contributed by atoms with Crippen LogP contribution in [-0.4, -0.2) is 58.8 Å². The highest BCUT2D eigenvalue weighted by Gasteiger charge is 2.30. The summed E-state index contributed by atoms with van der Waals surface area (Å²) in [7, 11) is 1.74. The Morgan fingerprint density at radius 3 is 2.36 bits per heavy atom. The average molecular weight is 641 g/mol. The monoisotopic (exact) mass is 640 g/mol. The number of nitrogens with one attached hydrogen (secondary N) is 3. The molecule has 1 saturated carbocycles. The number of alkyl carbamates (subject to hydrolysis) is 1. The largest absolute Gasteiger partial charge is 0.444 e. The van der Waals surface area contributed by atoms with Crippen molar-refractivity contribution < 1.29 is 19.1 Å². The summed E-state index contributed by atoms with van der Waals surface area (Å²) in [5.74, 6) is 0.347. The molecule has 3 N–H and O–H groups in total. The number of anilines is 1. The van der Waals surface area contributed by atoms with Crippen LogP contribution in [0.1, 0.15) is 76.0 Å². The SMILES string of the molecule is CN=C(C)c1ccc(NC(=O)C(Cc2cccc(-c3cnc(C)nc3C)c2)NC(=O)C2CCC(CNC(=O)OC(C)(C)C)CC2)cc1. The normalized spacial score (nSPS) is 17.4. The molecule has 0 saturated heterocycles. The molecule has 1 aliphatic rings. The Kier molecular flexibility index (Phi) is 11.9. The molecule has 1 fully saturated rings. The molecule has 47 heavy (non-hydrogen) atoms. The maximum atomic E-state index is 13.7. The van der Waals surface area contributed by atoms with Crippen LogP contribution in [0, 0.1) is 25.7 Å². The number of aryl methyl sites for hydroxylation is 2. The van der Waals surface area contributed by atoms with Crippen LogP contribution in [0.25, 0.3) is 11.1 Å². The van der Waals surface area contributed by atoms with E-state index in [2.05, 4.69) is 30.9 Å². The number of rotatable bonds is 10. The third kappa shape index (κ3) is 10.5. The standard InChI is InChI=1S/C37H48N6O4/c1-23(38-7)28-15-17-31(18-16-28)42-35(45)33(20-27-9-8-10-30(19-27)32-22-39-25(3)41-24(32)2)43-34(44)29-13-11-26(12-14-29)21-40-36(46)47-37(4,5)6/h8-10,15-19,22,26,29,33H,11-14,20-21H2,1-7H3,(H,40,46)(H,42,45)(H,43,44). The number of aliphatic imine (C=N–C) groups is 1.